The number of carbonyl (C=O) groups is 1. The van der Waals surface area contributed by atoms with Crippen LogP contribution in [0.2, 0.25) is 0 Å². The summed E-state index contributed by atoms with van der Waals surface area (Å²) in [6, 6.07) is 18.8. The molecule has 0 saturated heterocycles. The maximum atomic E-state index is 13.5. The largest absolute Gasteiger partial charge is 0.493 e. The van der Waals surface area contributed by atoms with Gasteiger partial charge in [-0.25, -0.2) is 13.8 Å². The summed E-state index contributed by atoms with van der Waals surface area (Å²) in [4.78, 5) is 23.1. The third kappa shape index (κ3) is 6.43. The maximum Gasteiger partial charge on any atom is 0.278 e. The van der Waals surface area contributed by atoms with Crippen molar-refractivity contribution >= 4 is 27.8 Å². The molecule has 12 heteroatoms. The fraction of sp³-hybridized carbons (Fsp3) is 0.167. The highest BCUT2D eigenvalue weighted by Gasteiger charge is 2.28. The molecule has 11 nitrogen and oxygen atoms in total. The number of rotatable bonds is 11. The zero-order chi connectivity index (χ0) is 26.1. The SMILES string of the molecule is COc1ccc(S(=O)(=O)N(CC(=O)NN=Cc2ccccc2[N+](=O)[O-])Cc2ccccc2)cc1OC. The number of methoxy groups -OCH3 is 2. The van der Waals surface area contributed by atoms with Crippen LogP contribution in [-0.4, -0.2) is 50.5 Å². The molecule has 0 atom stereocenters. The molecule has 0 spiro atoms. The van der Waals surface area contributed by atoms with Gasteiger partial charge in [-0.2, -0.15) is 9.41 Å². The number of carbonyl (C=O) groups excluding carboxylic acids is 1. The first-order chi connectivity index (χ1) is 17.3. The average Bonchev–Trinajstić information content (AvgIpc) is 2.88. The molecule has 0 aliphatic heterocycles. The molecule has 1 N–H and O–H groups in total. The monoisotopic (exact) mass is 512 g/mol. The van der Waals surface area contributed by atoms with Gasteiger partial charge in [-0.15, -0.1) is 0 Å². The Morgan fingerprint density at radius 3 is 2.36 bits per heavy atom. The molecule has 3 aromatic carbocycles. The number of nitro benzene ring substituents is 1. The number of hydrazone groups is 1. The lowest BCUT2D eigenvalue weighted by atomic mass is 10.2. The van der Waals surface area contributed by atoms with Crippen LogP contribution < -0.4 is 14.9 Å². The number of para-hydroxylation sites is 1. The normalized spacial score (nSPS) is 11.4. The van der Waals surface area contributed by atoms with E-state index in [2.05, 4.69) is 10.5 Å². The van der Waals surface area contributed by atoms with Crippen LogP contribution >= 0.6 is 0 Å². The van der Waals surface area contributed by atoms with E-state index in [-0.39, 0.29) is 28.4 Å². The van der Waals surface area contributed by atoms with Gasteiger partial charge in [-0.05, 0) is 23.8 Å². The molecule has 0 aromatic heterocycles. The van der Waals surface area contributed by atoms with Gasteiger partial charge < -0.3 is 9.47 Å². The van der Waals surface area contributed by atoms with Crippen LogP contribution in [0, 0.1) is 10.1 Å². The maximum absolute atomic E-state index is 13.5. The number of amides is 1. The van der Waals surface area contributed by atoms with Gasteiger partial charge in [0, 0.05) is 18.7 Å². The standard InChI is InChI=1S/C24H24N4O7S/c1-34-22-13-12-20(14-23(22)35-2)36(32,33)27(16-18-8-4-3-5-9-18)17-24(29)26-25-15-19-10-6-7-11-21(19)28(30)31/h3-15H,16-17H2,1-2H3,(H,26,29). The van der Waals surface area contributed by atoms with Crippen LogP contribution in [0.1, 0.15) is 11.1 Å². The summed E-state index contributed by atoms with van der Waals surface area (Å²) in [6.07, 6.45) is 1.13. The molecular weight excluding hydrogens is 488 g/mol. The van der Waals surface area contributed by atoms with E-state index in [0.717, 1.165) is 10.5 Å². The number of nitro groups is 1. The van der Waals surface area contributed by atoms with E-state index in [1.807, 2.05) is 0 Å². The van der Waals surface area contributed by atoms with Crippen LogP contribution in [0.4, 0.5) is 5.69 Å². The Morgan fingerprint density at radius 1 is 1.03 bits per heavy atom. The molecule has 36 heavy (non-hydrogen) atoms. The highest BCUT2D eigenvalue weighted by Crippen LogP contribution is 2.31. The number of nitrogens with one attached hydrogen (secondary N) is 1. The predicted octanol–water partition coefficient (Wildman–Crippen LogP) is 2.95. The van der Waals surface area contributed by atoms with E-state index >= 15 is 0 Å². The van der Waals surface area contributed by atoms with E-state index in [0.29, 0.717) is 11.3 Å². The molecule has 3 rings (SSSR count). The summed E-state index contributed by atoms with van der Waals surface area (Å²) < 4.78 is 38.4. The molecule has 188 valence electrons. The Balaban J connectivity index is 1.85. The zero-order valence-corrected chi connectivity index (χ0v) is 20.3. The lowest BCUT2D eigenvalue weighted by Gasteiger charge is -2.22. The summed E-state index contributed by atoms with van der Waals surface area (Å²) in [5, 5.41) is 14.9. The second-order valence-corrected chi connectivity index (χ2v) is 9.32. The van der Waals surface area contributed by atoms with Gasteiger partial charge in [0.2, 0.25) is 10.0 Å². The highest BCUT2D eigenvalue weighted by molar-refractivity contribution is 7.89. The molecule has 0 saturated carbocycles. The van der Waals surface area contributed by atoms with Gasteiger partial charge in [0.25, 0.3) is 11.6 Å². The minimum absolute atomic E-state index is 0.0845. The Hall–Kier alpha value is -4.29. The van der Waals surface area contributed by atoms with Crippen LogP contribution in [0.3, 0.4) is 0 Å². The van der Waals surface area contributed by atoms with Gasteiger partial charge >= 0.3 is 0 Å². The number of sulfonamides is 1. The van der Waals surface area contributed by atoms with Crippen molar-refractivity contribution in [1.29, 1.82) is 0 Å². The van der Waals surface area contributed by atoms with Crippen molar-refractivity contribution in [3.8, 4) is 11.5 Å². The smallest absolute Gasteiger partial charge is 0.278 e. The summed E-state index contributed by atoms with van der Waals surface area (Å²) >= 11 is 0. The van der Waals surface area contributed by atoms with E-state index < -0.39 is 27.4 Å². The zero-order valence-electron chi connectivity index (χ0n) is 19.5. The van der Waals surface area contributed by atoms with Crippen LogP contribution in [0.5, 0.6) is 11.5 Å². The van der Waals surface area contributed by atoms with E-state index in [1.54, 1.807) is 36.4 Å². The first kappa shape index (κ1) is 26.3. The second-order valence-electron chi connectivity index (χ2n) is 7.38. The lowest BCUT2D eigenvalue weighted by Crippen LogP contribution is -2.39. The predicted molar refractivity (Wildman–Crippen MR) is 132 cm³/mol. The van der Waals surface area contributed by atoms with Gasteiger partial charge in [-0.1, -0.05) is 42.5 Å². The van der Waals surface area contributed by atoms with Crippen molar-refractivity contribution in [2.75, 3.05) is 20.8 Å². The van der Waals surface area contributed by atoms with Crippen LogP contribution in [0.15, 0.2) is 82.8 Å². The van der Waals surface area contributed by atoms with Gasteiger partial charge in [-0.3, -0.25) is 14.9 Å². The highest BCUT2D eigenvalue weighted by atomic mass is 32.2. The summed E-state index contributed by atoms with van der Waals surface area (Å²) in [5.41, 5.74) is 2.90. The Labute approximate surface area is 208 Å². The Morgan fingerprint density at radius 2 is 1.69 bits per heavy atom. The molecule has 0 fully saturated rings. The van der Waals surface area contributed by atoms with E-state index in [9.17, 15) is 23.3 Å². The molecule has 1 amide bonds. The van der Waals surface area contributed by atoms with Crippen molar-refractivity contribution in [1.82, 2.24) is 9.73 Å². The first-order valence-electron chi connectivity index (χ1n) is 10.6. The van der Waals surface area contributed by atoms with Gasteiger partial charge in [0.05, 0.1) is 42.4 Å². The number of benzene rings is 3. The first-order valence-corrected chi connectivity index (χ1v) is 12.0. The van der Waals surface area contributed by atoms with Crippen molar-refractivity contribution in [2.45, 2.75) is 11.4 Å². The minimum Gasteiger partial charge on any atom is -0.493 e. The van der Waals surface area contributed by atoms with Crippen molar-refractivity contribution in [3.05, 3.63) is 94.0 Å². The topological polar surface area (TPSA) is 140 Å². The Kier molecular flexibility index (Phi) is 8.71. The average molecular weight is 513 g/mol. The Bertz CT molecular complexity index is 1360. The number of hydrogen-bond donors (Lipinski definition) is 1. The number of hydrogen-bond acceptors (Lipinski definition) is 8. The molecule has 0 heterocycles. The van der Waals surface area contributed by atoms with E-state index in [4.69, 9.17) is 9.47 Å². The fourth-order valence-corrected chi connectivity index (χ4v) is 4.67. The van der Waals surface area contributed by atoms with E-state index in [1.165, 1.54) is 50.6 Å². The van der Waals surface area contributed by atoms with Crippen molar-refractivity contribution in [2.24, 2.45) is 5.10 Å². The van der Waals surface area contributed by atoms with Gasteiger partial charge in [0.15, 0.2) is 11.5 Å². The van der Waals surface area contributed by atoms with Crippen molar-refractivity contribution in [3.63, 3.8) is 0 Å². The summed E-state index contributed by atoms with van der Waals surface area (Å²) in [7, 11) is -1.33. The third-order valence-corrected chi connectivity index (χ3v) is 6.83. The molecule has 0 unspecified atom stereocenters. The number of ether oxygens (including phenoxy) is 2. The summed E-state index contributed by atoms with van der Waals surface area (Å²) in [5.74, 6) is -0.158. The molecule has 0 radical (unpaired) electrons. The van der Waals surface area contributed by atoms with Crippen LogP contribution in [0.25, 0.3) is 0 Å². The number of nitrogens with zero attached hydrogens (tertiary/aromatic N) is 3. The fourth-order valence-electron chi connectivity index (χ4n) is 3.27. The second kappa shape index (κ2) is 11.9. The molecule has 0 bridgehead atoms. The quantitative estimate of drug-likeness (QED) is 0.237. The minimum atomic E-state index is -4.15. The molecular formula is C24H24N4O7S. The van der Waals surface area contributed by atoms with Gasteiger partial charge in [0.1, 0.15) is 0 Å². The van der Waals surface area contributed by atoms with Crippen LogP contribution in [-0.2, 0) is 21.4 Å². The van der Waals surface area contributed by atoms with Crippen molar-refractivity contribution < 1.29 is 27.6 Å². The lowest BCUT2D eigenvalue weighted by molar-refractivity contribution is -0.385. The molecule has 0 aliphatic carbocycles. The molecule has 0 aliphatic rings. The summed E-state index contributed by atoms with van der Waals surface area (Å²) in [6.45, 7) is -0.640. The third-order valence-electron chi connectivity index (χ3n) is 5.04. The molecule has 3 aromatic rings.